The van der Waals surface area contributed by atoms with Crippen molar-refractivity contribution in [2.24, 2.45) is 0 Å². The van der Waals surface area contributed by atoms with Gasteiger partial charge in [0.25, 0.3) is 5.91 Å². The fourth-order valence-electron chi connectivity index (χ4n) is 3.79. The number of amides is 1. The zero-order chi connectivity index (χ0) is 20.6. The van der Waals surface area contributed by atoms with Crippen molar-refractivity contribution >= 4 is 22.5 Å². The molecule has 1 aromatic heterocycles. The molecular formula is C21H19F4N3O. The van der Waals surface area contributed by atoms with Gasteiger partial charge >= 0.3 is 6.18 Å². The highest BCUT2D eigenvalue weighted by Crippen LogP contribution is 2.31. The van der Waals surface area contributed by atoms with Gasteiger partial charge in [-0.1, -0.05) is 12.1 Å². The number of benzene rings is 2. The van der Waals surface area contributed by atoms with Gasteiger partial charge in [-0.05, 0) is 60.8 Å². The Morgan fingerprint density at radius 2 is 2.00 bits per heavy atom. The van der Waals surface area contributed by atoms with Gasteiger partial charge in [-0.2, -0.15) is 13.2 Å². The predicted octanol–water partition coefficient (Wildman–Crippen LogP) is 4.91. The van der Waals surface area contributed by atoms with Gasteiger partial charge in [-0.3, -0.25) is 9.69 Å². The molecule has 1 unspecified atom stereocenters. The highest BCUT2D eigenvalue weighted by atomic mass is 19.4. The molecule has 29 heavy (non-hydrogen) atoms. The summed E-state index contributed by atoms with van der Waals surface area (Å²) in [5.41, 5.74) is 2.39. The molecule has 1 saturated heterocycles. The van der Waals surface area contributed by atoms with Gasteiger partial charge in [0, 0.05) is 23.1 Å². The summed E-state index contributed by atoms with van der Waals surface area (Å²) in [7, 11) is 0. The first-order valence-corrected chi connectivity index (χ1v) is 9.25. The van der Waals surface area contributed by atoms with Gasteiger partial charge in [-0.15, -0.1) is 0 Å². The second-order valence-electron chi connectivity index (χ2n) is 7.33. The van der Waals surface area contributed by atoms with Gasteiger partial charge in [0.2, 0.25) is 0 Å². The Morgan fingerprint density at radius 3 is 2.76 bits per heavy atom. The molecule has 0 bridgehead atoms. The highest BCUT2D eigenvalue weighted by Gasteiger charge is 2.34. The van der Waals surface area contributed by atoms with Crippen molar-refractivity contribution in [3.8, 4) is 0 Å². The fourth-order valence-corrected chi connectivity index (χ4v) is 3.79. The van der Waals surface area contributed by atoms with E-state index in [-0.39, 0.29) is 5.92 Å². The Kier molecular flexibility index (Phi) is 5.04. The Balaban J connectivity index is 1.49. The summed E-state index contributed by atoms with van der Waals surface area (Å²) in [6.45, 7) is -0.112. The minimum atomic E-state index is -4.19. The van der Waals surface area contributed by atoms with E-state index < -0.39 is 24.4 Å². The SMILES string of the molecule is O=C(Nc1cccc(F)c1)c1cc2cc(C3CCN(CC(F)(F)F)C3)ccc2[nH]1. The molecule has 0 spiro atoms. The lowest BCUT2D eigenvalue weighted by molar-refractivity contribution is -0.143. The molecule has 1 aliphatic rings. The van der Waals surface area contributed by atoms with E-state index in [1.54, 1.807) is 12.1 Å². The minimum absolute atomic E-state index is 0.0289. The number of nitrogens with zero attached hydrogens (tertiary/aromatic N) is 1. The van der Waals surface area contributed by atoms with Crippen molar-refractivity contribution in [2.75, 3.05) is 25.0 Å². The van der Waals surface area contributed by atoms with E-state index in [9.17, 15) is 22.4 Å². The second kappa shape index (κ2) is 7.51. The summed E-state index contributed by atoms with van der Waals surface area (Å²) in [5, 5.41) is 3.44. The first-order valence-electron chi connectivity index (χ1n) is 9.25. The fraction of sp³-hybridized carbons (Fsp3) is 0.286. The number of H-pyrrole nitrogens is 1. The van der Waals surface area contributed by atoms with Crippen LogP contribution in [0.3, 0.4) is 0 Å². The number of alkyl halides is 3. The van der Waals surface area contributed by atoms with Crippen molar-refractivity contribution in [2.45, 2.75) is 18.5 Å². The lowest BCUT2D eigenvalue weighted by Crippen LogP contribution is -2.32. The largest absolute Gasteiger partial charge is 0.401 e. The number of carbonyl (C=O) groups is 1. The summed E-state index contributed by atoms with van der Waals surface area (Å²) >= 11 is 0. The van der Waals surface area contributed by atoms with Crippen LogP contribution < -0.4 is 5.32 Å². The molecule has 2 N–H and O–H groups in total. The molecule has 0 saturated carbocycles. The lowest BCUT2D eigenvalue weighted by atomic mass is 9.97. The van der Waals surface area contributed by atoms with Gasteiger partial charge in [0.15, 0.2) is 0 Å². The number of fused-ring (bicyclic) bond motifs is 1. The standard InChI is InChI=1S/C21H19F4N3O/c22-16-2-1-3-17(10-16)26-20(29)19-9-15-8-13(4-5-18(15)27-19)14-6-7-28(11-14)12-21(23,24)25/h1-5,8-10,14,27H,6-7,11-12H2,(H,26,29). The number of anilines is 1. The van der Waals surface area contributed by atoms with Crippen LogP contribution >= 0.6 is 0 Å². The molecule has 4 rings (SSSR count). The molecule has 1 fully saturated rings. The average Bonchev–Trinajstić information content (AvgIpc) is 3.26. The van der Waals surface area contributed by atoms with Crippen molar-refractivity contribution in [3.63, 3.8) is 0 Å². The molecule has 8 heteroatoms. The minimum Gasteiger partial charge on any atom is -0.351 e. The normalized spacial score (nSPS) is 17.7. The van der Waals surface area contributed by atoms with Crippen LogP contribution in [0.15, 0.2) is 48.5 Å². The molecule has 4 nitrogen and oxygen atoms in total. The Hall–Kier alpha value is -2.87. The maximum atomic E-state index is 13.3. The molecule has 1 aliphatic heterocycles. The van der Waals surface area contributed by atoms with Gasteiger partial charge in [0.05, 0.1) is 6.54 Å². The van der Waals surface area contributed by atoms with Crippen LogP contribution in [-0.4, -0.2) is 41.6 Å². The van der Waals surface area contributed by atoms with Crippen LogP contribution in [0, 0.1) is 5.82 Å². The number of aromatic nitrogens is 1. The zero-order valence-electron chi connectivity index (χ0n) is 15.4. The number of rotatable bonds is 4. The number of likely N-dealkylation sites (tertiary alicyclic amines) is 1. The first-order chi connectivity index (χ1) is 13.8. The maximum Gasteiger partial charge on any atom is 0.401 e. The van der Waals surface area contributed by atoms with Crippen LogP contribution in [0.25, 0.3) is 10.9 Å². The van der Waals surface area contributed by atoms with E-state index >= 15 is 0 Å². The number of carbonyl (C=O) groups excluding carboxylic acids is 1. The van der Waals surface area contributed by atoms with E-state index in [1.165, 1.54) is 23.1 Å². The van der Waals surface area contributed by atoms with Crippen molar-refractivity contribution < 1.29 is 22.4 Å². The smallest absolute Gasteiger partial charge is 0.351 e. The summed E-state index contributed by atoms with van der Waals surface area (Å²) < 4.78 is 51.1. The third-order valence-electron chi connectivity index (χ3n) is 5.12. The zero-order valence-corrected chi connectivity index (χ0v) is 15.4. The van der Waals surface area contributed by atoms with Crippen LogP contribution in [-0.2, 0) is 0 Å². The highest BCUT2D eigenvalue weighted by molar-refractivity contribution is 6.06. The summed E-state index contributed by atoms with van der Waals surface area (Å²) in [4.78, 5) is 16.9. The summed E-state index contributed by atoms with van der Waals surface area (Å²) in [6, 6.07) is 12.9. The van der Waals surface area contributed by atoms with Crippen molar-refractivity contribution in [1.82, 2.24) is 9.88 Å². The van der Waals surface area contributed by atoms with E-state index in [1.807, 2.05) is 18.2 Å². The third-order valence-corrected chi connectivity index (χ3v) is 5.12. The summed E-state index contributed by atoms with van der Waals surface area (Å²) in [5.74, 6) is -0.813. The quantitative estimate of drug-likeness (QED) is 0.606. The molecule has 2 heterocycles. The topological polar surface area (TPSA) is 48.1 Å². The molecule has 152 valence electrons. The van der Waals surface area contributed by atoms with Gasteiger partial charge in [0.1, 0.15) is 11.5 Å². The van der Waals surface area contributed by atoms with Crippen LogP contribution in [0.5, 0.6) is 0 Å². The number of nitrogens with one attached hydrogen (secondary N) is 2. The van der Waals surface area contributed by atoms with Gasteiger partial charge < -0.3 is 10.3 Å². The number of hydrogen-bond acceptors (Lipinski definition) is 2. The van der Waals surface area contributed by atoms with Crippen molar-refractivity contribution in [3.05, 3.63) is 65.6 Å². The third kappa shape index (κ3) is 4.59. The Morgan fingerprint density at radius 1 is 1.17 bits per heavy atom. The molecule has 1 atom stereocenters. The molecular weight excluding hydrogens is 386 g/mol. The van der Waals surface area contributed by atoms with Crippen LogP contribution in [0.2, 0.25) is 0 Å². The molecule has 1 amide bonds. The number of hydrogen-bond donors (Lipinski definition) is 2. The molecule has 3 aromatic rings. The first kappa shape index (κ1) is 19.4. The van der Waals surface area contributed by atoms with E-state index in [2.05, 4.69) is 10.3 Å². The maximum absolute atomic E-state index is 13.3. The molecule has 0 aliphatic carbocycles. The number of halogens is 4. The van der Waals surface area contributed by atoms with Crippen LogP contribution in [0.1, 0.15) is 28.4 Å². The molecule has 2 aromatic carbocycles. The van der Waals surface area contributed by atoms with E-state index in [4.69, 9.17) is 0 Å². The van der Waals surface area contributed by atoms with E-state index in [0.29, 0.717) is 30.9 Å². The average molecular weight is 405 g/mol. The molecule has 0 radical (unpaired) electrons. The summed E-state index contributed by atoms with van der Waals surface area (Å²) in [6.07, 6.45) is -3.53. The Labute approximate surface area is 164 Å². The van der Waals surface area contributed by atoms with E-state index in [0.717, 1.165) is 16.5 Å². The number of aromatic amines is 1. The van der Waals surface area contributed by atoms with Gasteiger partial charge in [-0.25, -0.2) is 4.39 Å². The monoisotopic (exact) mass is 405 g/mol. The Bertz CT molecular complexity index is 1040. The van der Waals surface area contributed by atoms with Crippen LogP contribution in [0.4, 0.5) is 23.2 Å². The second-order valence-corrected chi connectivity index (χ2v) is 7.33. The van der Waals surface area contributed by atoms with Crippen molar-refractivity contribution in [1.29, 1.82) is 0 Å². The lowest BCUT2D eigenvalue weighted by Gasteiger charge is -2.18. The predicted molar refractivity (Wildman–Crippen MR) is 103 cm³/mol.